The molecule has 3 N–H and O–H groups in total. The molecule has 0 atom stereocenters. The van der Waals surface area contributed by atoms with Crippen LogP contribution in [0.25, 0.3) is 0 Å². The van der Waals surface area contributed by atoms with E-state index in [9.17, 15) is 10.1 Å². The van der Waals surface area contributed by atoms with Crippen LogP contribution in [0.5, 0.6) is 17.4 Å². The molecule has 1 heterocycles. The lowest BCUT2D eigenvalue weighted by molar-refractivity contribution is -0.384. The van der Waals surface area contributed by atoms with Crippen molar-refractivity contribution in [3.8, 4) is 17.4 Å². The summed E-state index contributed by atoms with van der Waals surface area (Å²) < 4.78 is 10.6. The second kappa shape index (κ2) is 5.85. The van der Waals surface area contributed by atoms with Gasteiger partial charge in [-0.2, -0.15) is 4.98 Å². The Morgan fingerprint density at radius 2 is 2.10 bits per heavy atom. The zero-order valence-corrected chi connectivity index (χ0v) is 10.6. The molecular formula is C12H12N4O4. The van der Waals surface area contributed by atoms with Gasteiger partial charge < -0.3 is 14.9 Å². The van der Waals surface area contributed by atoms with Crippen LogP contribution in [0.2, 0.25) is 0 Å². The number of methoxy groups -OCH3 is 1. The van der Waals surface area contributed by atoms with Crippen LogP contribution in [0.4, 0.5) is 11.5 Å². The van der Waals surface area contributed by atoms with Gasteiger partial charge in [0, 0.05) is 12.1 Å². The Hall–Kier alpha value is -2.87. The summed E-state index contributed by atoms with van der Waals surface area (Å²) in [5, 5.41) is 10.8. The summed E-state index contributed by atoms with van der Waals surface area (Å²) in [6, 6.07) is 8.98. The zero-order valence-electron chi connectivity index (χ0n) is 10.6. The van der Waals surface area contributed by atoms with Gasteiger partial charge in [0.25, 0.3) is 5.69 Å². The molecular weight excluding hydrogens is 264 g/mol. The molecule has 104 valence electrons. The average Bonchev–Trinajstić information content (AvgIpc) is 2.47. The number of hydrazine groups is 1. The van der Waals surface area contributed by atoms with E-state index in [2.05, 4.69) is 10.4 Å². The Morgan fingerprint density at radius 3 is 2.75 bits per heavy atom. The first-order valence-electron chi connectivity index (χ1n) is 5.58. The third-order valence-electron chi connectivity index (χ3n) is 2.44. The number of ether oxygens (including phenoxy) is 2. The number of pyridine rings is 1. The van der Waals surface area contributed by atoms with Gasteiger partial charge in [-0.3, -0.25) is 10.1 Å². The minimum atomic E-state index is -0.516. The number of nitro benzene ring substituents is 1. The van der Waals surface area contributed by atoms with Crippen molar-refractivity contribution in [3.05, 3.63) is 46.5 Å². The van der Waals surface area contributed by atoms with Crippen LogP contribution >= 0.6 is 0 Å². The van der Waals surface area contributed by atoms with Crippen LogP contribution in [0.15, 0.2) is 36.4 Å². The molecule has 1 aromatic heterocycles. The van der Waals surface area contributed by atoms with Crippen LogP contribution in [0.1, 0.15) is 0 Å². The summed E-state index contributed by atoms with van der Waals surface area (Å²) in [6.45, 7) is 0. The summed E-state index contributed by atoms with van der Waals surface area (Å²) >= 11 is 0. The Bertz CT molecular complexity index is 633. The van der Waals surface area contributed by atoms with Gasteiger partial charge in [0.1, 0.15) is 5.82 Å². The van der Waals surface area contributed by atoms with E-state index in [0.717, 1.165) is 0 Å². The van der Waals surface area contributed by atoms with Gasteiger partial charge in [0.05, 0.1) is 18.1 Å². The van der Waals surface area contributed by atoms with Crippen LogP contribution in [0.3, 0.4) is 0 Å². The Labute approximate surface area is 114 Å². The van der Waals surface area contributed by atoms with Gasteiger partial charge in [0.2, 0.25) is 5.88 Å². The first-order chi connectivity index (χ1) is 9.63. The molecule has 0 unspecified atom stereocenters. The monoisotopic (exact) mass is 276 g/mol. The SMILES string of the molecule is COc1ccc([N+](=O)[O-])cc1Oc1cccc(NN)n1. The normalized spacial score (nSPS) is 9.90. The maximum atomic E-state index is 10.8. The molecule has 0 bridgehead atoms. The highest BCUT2D eigenvalue weighted by molar-refractivity contribution is 5.50. The number of nitrogens with zero attached hydrogens (tertiary/aromatic N) is 2. The summed E-state index contributed by atoms with van der Waals surface area (Å²) in [5.41, 5.74) is 2.28. The van der Waals surface area contributed by atoms with Gasteiger partial charge in [-0.25, -0.2) is 5.84 Å². The summed E-state index contributed by atoms with van der Waals surface area (Å²) in [5.74, 6) is 6.46. The summed E-state index contributed by atoms with van der Waals surface area (Å²) in [6.07, 6.45) is 0. The fourth-order valence-corrected chi connectivity index (χ4v) is 1.52. The number of nitrogens with two attached hydrogens (primary N) is 1. The van der Waals surface area contributed by atoms with E-state index >= 15 is 0 Å². The predicted octanol–water partition coefficient (Wildman–Crippen LogP) is 2.08. The largest absolute Gasteiger partial charge is 0.493 e. The fraction of sp³-hybridized carbons (Fsp3) is 0.0833. The van der Waals surface area contributed by atoms with Gasteiger partial charge in [-0.05, 0) is 12.1 Å². The molecule has 0 fully saturated rings. The lowest BCUT2D eigenvalue weighted by Gasteiger charge is -2.10. The number of benzene rings is 1. The molecule has 0 aliphatic rings. The average molecular weight is 276 g/mol. The lowest BCUT2D eigenvalue weighted by atomic mass is 10.3. The van der Waals surface area contributed by atoms with E-state index in [0.29, 0.717) is 11.6 Å². The second-order valence-electron chi connectivity index (χ2n) is 3.70. The van der Waals surface area contributed by atoms with E-state index in [1.54, 1.807) is 18.2 Å². The zero-order chi connectivity index (χ0) is 14.5. The molecule has 0 spiro atoms. The van der Waals surface area contributed by atoms with Crippen molar-refractivity contribution >= 4 is 11.5 Å². The van der Waals surface area contributed by atoms with Gasteiger partial charge in [-0.15, -0.1) is 0 Å². The topological polar surface area (TPSA) is 113 Å². The van der Waals surface area contributed by atoms with E-state index in [1.165, 1.54) is 25.3 Å². The molecule has 2 aromatic rings. The van der Waals surface area contributed by atoms with Crippen molar-refractivity contribution in [1.29, 1.82) is 0 Å². The van der Waals surface area contributed by atoms with Crippen molar-refractivity contribution in [2.45, 2.75) is 0 Å². The van der Waals surface area contributed by atoms with Crippen molar-refractivity contribution in [2.24, 2.45) is 5.84 Å². The maximum Gasteiger partial charge on any atom is 0.273 e. The number of non-ortho nitro benzene ring substituents is 1. The number of nitrogen functional groups attached to an aromatic ring is 1. The van der Waals surface area contributed by atoms with Gasteiger partial charge in [-0.1, -0.05) is 6.07 Å². The number of hydrogen-bond acceptors (Lipinski definition) is 7. The molecule has 0 saturated heterocycles. The predicted molar refractivity (Wildman–Crippen MR) is 71.8 cm³/mol. The Morgan fingerprint density at radius 1 is 1.30 bits per heavy atom. The molecule has 0 radical (unpaired) electrons. The Kier molecular flexibility index (Phi) is 3.96. The highest BCUT2D eigenvalue weighted by Crippen LogP contribution is 2.34. The first kappa shape index (κ1) is 13.6. The highest BCUT2D eigenvalue weighted by Gasteiger charge is 2.13. The standard InChI is InChI=1S/C12H12N4O4/c1-19-9-6-5-8(16(17)18)7-10(9)20-12-4-2-3-11(14-12)15-13/h2-7H,13H2,1H3,(H,14,15). The van der Waals surface area contributed by atoms with E-state index < -0.39 is 4.92 Å². The highest BCUT2D eigenvalue weighted by atomic mass is 16.6. The van der Waals surface area contributed by atoms with Gasteiger partial charge >= 0.3 is 0 Å². The molecule has 8 nitrogen and oxygen atoms in total. The molecule has 1 aromatic carbocycles. The Balaban J connectivity index is 2.35. The van der Waals surface area contributed by atoms with Crippen molar-refractivity contribution < 1.29 is 14.4 Å². The number of nitro groups is 1. The minimum absolute atomic E-state index is 0.103. The number of anilines is 1. The van der Waals surface area contributed by atoms with Crippen LogP contribution in [0, 0.1) is 10.1 Å². The fourth-order valence-electron chi connectivity index (χ4n) is 1.52. The molecule has 0 aliphatic carbocycles. The minimum Gasteiger partial charge on any atom is -0.493 e. The van der Waals surface area contributed by atoms with Crippen LogP contribution < -0.4 is 20.7 Å². The van der Waals surface area contributed by atoms with E-state index in [-0.39, 0.29) is 17.3 Å². The molecule has 0 amide bonds. The third-order valence-corrected chi connectivity index (χ3v) is 2.44. The molecule has 20 heavy (non-hydrogen) atoms. The van der Waals surface area contributed by atoms with Crippen LogP contribution in [-0.4, -0.2) is 17.0 Å². The smallest absolute Gasteiger partial charge is 0.273 e. The lowest BCUT2D eigenvalue weighted by Crippen LogP contribution is -2.08. The summed E-state index contributed by atoms with van der Waals surface area (Å²) in [4.78, 5) is 14.3. The number of nitrogens with one attached hydrogen (secondary N) is 1. The van der Waals surface area contributed by atoms with E-state index in [4.69, 9.17) is 15.3 Å². The second-order valence-corrected chi connectivity index (χ2v) is 3.70. The molecule has 8 heteroatoms. The quantitative estimate of drug-likeness (QED) is 0.488. The summed E-state index contributed by atoms with van der Waals surface area (Å²) in [7, 11) is 1.44. The van der Waals surface area contributed by atoms with Crippen molar-refractivity contribution in [2.75, 3.05) is 12.5 Å². The number of hydrogen-bond donors (Lipinski definition) is 2. The third kappa shape index (κ3) is 2.93. The molecule has 0 aliphatic heterocycles. The van der Waals surface area contributed by atoms with Crippen LogP contribution in [-0.2, 0) is 0 Å². The maximum absolute atomic E-state index is 10.8. The molecule has 0 saturated carbocycles. The first-order valence-corrected chi connectivity index (χ1v) is 5.58. The molecule has 2 rings (SSSR count). The number of aromatic nitrogens is 1. The van der Waals surface area contributed by atoms with Crippen molar-refractivity contribution in [1.82, 2.24) is 4.98 Å². The number of rotatable bonds is 5. The van der Waals surface area contributed by atoms with E-state index in [1.807, 2.05) is 0 Å². The van der Waals surface area contributed by atoms with Crippen molar-refractivity contribution in [3.63, 3.8) is 0 Å². The van der Waals surface area contributed by atoms with Gasteiger partial charge in [0.15, 0.2) is 11.5 Å².